The molecule has 0 saturated carbocycles. The summed E-state index contributed by atoms with van der Waals surface area (Å²) in [5, 5.41) is 3.90. The molecule has 0 unspecified atom stereocenters. The highest BCUT2D eigenvalue weighted by molar-refractivity contribution is 7.22. The summed E-state index contributed by atoms with van der Waals surface area (Å²) in [4.78, 5) is 18.7. The van der Waals surface area contributed by atoms with Crippen molar-refractivity contribution in [1.29, 1.82) is 0 Å². The van der Waals surface area contributed by atoms with Gasteiger partial charge in [0.2, 0.25) is 5.91 Å². The molecule has 0 atom stereocenters. The number of morpholine rings is 1. The predicted molar refractivity (Wildman–Crippen MR) is 116 cm³/mol. The van der Waals surface area contributed by atoms with Gasteiger partial charge in [0.25, 0.3) is 0 Å². The molecule has 28 heavy (non-hydrogen) atoms. The third-order valence-corrected chi connectivity index (χ3v) is 5.91. The van der Waals surface area contributed by atoms with E-state index in [1.807, 2.05) is 12.1 Å². The van der Waals surface area contributed by atoms with Crippen LogP contribution in [0, 0.1) is 0 Å². The van der Waals surface area contributed by atoms with Gasteiger partial charge >= 0.3 is 0 Å². The van der Waals surface area contributed by atoms with Gasteiger partial charge in [-0.05, 0) is 12.5 Å². The molecule has 1 fully saturated rings. The molecule has 7 heteroatoms. The summed E-state index contributed by atoms with van der Waals surface area (Å²) in [7, 11) is 0. The topological polar surface area (TPSA) is 63.7 Å². The lowest BCUT2D eigenvalue weighted by Gasteiger charge is -2.25. The molecule has 1 aromatic carbocycles. The molecule has 1 saturated heterocycles. The second-order valence-electron chi connectivity index (χ2n) is 7.21. The summed E-state index contributed by atoms with van der Waals surface area (Å²) in [5.41, 5.74) is 1.64. The van der Waals surface area contributed by atoms with Crippen LogP contribution in [0.1, 0.15) is 52.4 Å². The standard InChI is InChI=1S/C21H31N3O3S/c1-3-4-5-6-7-8-11-27-19-14-18-20(15-17(19)22-16(2)25)28-21(23-18)24-9-12-26-13-10-24/h14-15H,3-13H2,1-2H3,(H,22,25). The number of carbonyl (C=O) groups is 1. The smallest absolute Gasteiger partial charge is 0.221 e. The van der Waals surface area contributed by atoms with Gasteiger partial charge in [-0.3, -0.25) is 4.79 Å². The van der Waals surface area contributed by atoms with E-state index < -0.39 is 0 Å². The molecule has 2 aromatic rings. The number of nitrogens with zero attached hydrogens (tertiary/aromatic N) is 2. The van der Waals surface area contributed by atoms with Crippen LogP contribution in [-0.4, -0.2) is 43.8 Å². The van der Waals surface area contributed by atoms with Crippen LogP contribution in [0.5, 0.6) is 5.75 Å². The number of thiazole rings is 1. The summed E-state index contributed by atoms with van der Waals surface area (Å²) in [6.07, 6.45) is 7.32. The fraction of sp³-hybridized carbons (Fsp3) is 0.619. The highest BCUT2D eigenvalue weighted by atomic mass is 32.1. The van der Waals surface area contributed by atoms with Gasteiger partial charge in [0.05, 0.1) is 35.7 Å². The first-order valence-corrected chi connectivity index (χ1v) is 11.2. The number of carbonyl (C=O) groups excluding carboxylic acids is 1. The highest BCUT2D eigenvalue weighted by Crippen LogP contribution is 2.36. The molecular formula is C21H31N3O3S. The largest absolute Gasteiger partial charge is 0.491 e. The summed E-state index contributed by atoms with van der Waals surface area (Å²) in [6.45, 7) is 7.60. The van der Waals surface area contributed by atoms with E-state index in [4.69, 9.17) is 14.5 Å². The first-order valence-electron chi connectivity index (χ1n) is 10.3. The average Bonchev–Trinajstić information content (AvgIpc) is 3.10. The maximum atomic E-state index is 11.6. The summed E-state index contributed by atoms with van der Waals surface area (Å²) in [5.74, 6) is 0.608. The zero-order valence-electron chi connectivity index (χ0n) is 17.0. The van der Waals surface area contributed by atoms with E-state index in [-0.39, 0.29) is 5.91 Å². The first kappa shape index (κ1) is 20.9. The van der Waals surface area contributed by atoms with Crippen molar-refractivity contribution >= 4 is 38.3 Å². The molecule has 1 aromatic heterocycles. The Hall–Kier alpha value is -1.86. The number of hydrogen-bond donors (Lipinski definition) is 1. The molecule has 2 heterocycles. The molecule has 1 amide bonds. The van der Waals surface area contributed by atoms with Crippen molar-refractivity contribution in [1.82, 2.24) is 4.98 Å². The fourth-order valence-electron chi connectivity index (χ4n) is 3.30. The summed E-state index contributed by atoms with van der Waals surface area (Å²) >= 11 is 1.65. The number of hydrogen-bond acceptors (Lipinski definition) is 6. The van der Waals surface area contributed by atoms with Gasteiger partial charge < -0.3 is 19.7 Å². The van der Waals surface area contributed by atoms with Crippen LogP contribution < -0.4 is 15.0 Å². The number of anilines is 2. The van der Waals surface area contributed by atoms with Gasteiger partial charge in [-0.2, -0.15) is 0 Å². The van der Waals surface area contributed by atoms with E-state index in [1.165, 1.54) is 39.0 Å². The van der Waals surface area contributed by atoms with Gasteiger partial charge in [-0.15, -0.1) is 0 Å². The average molecular weight is 406 g/mol. The third kappa shape index (κ3) is 5.82. The van der Waals surface area contributed by atoms with Crippen molar-refractivity contribution in [2.24, 2.45) is 0 Å². The fourth-order valence-corrected chi connectivity index (χ4v) is 4.34. The molecule has 3 rings (SSSR count). The van der Waals surface area contributed by atoms with E-state index in [2.05, 4.69) is 17.1 Å². The monoisotopic (exact) mass is 405 g/mol. The van der Waals surface area contributed by atoms with E-state index in [1.54, 1.807) is 11.3 Å². The van der Waals surface area contributed by atoms with Gasteiger partial charge in [0.1, 0.15) is 5.75 Å². The minimum absolute atomic E-state index is 0.0957. The van der Waals surface area contributed by atoms with Crippen molar-refractivity contribution in [3.63, 3.8) is 0 Å². The molecule has 0 spiro atoms. The number of ether oxygens (including phenoxy) is 2. The number of nitrogens with one attached hydrogen (secondary N) is 1. The van der Waals surface area contributed by atoms with Crippen LogP contribution in [0.4, 0.5) is 10.8 Å². The Kier molecular flexibility index (Phi) is 7.91. The minimum Gasteiger partial charge on any atom is -0.491 e. The maximum Gasteiger partial charge on any atom is 0.221 e. The Bertz CT molecular complexity index is 772. The van der Waals surface area contributed by atoms with Gasteiger partial charge in [0, 0.05) is 26.1 Å². The Balaban J connectivity index is 1.68. The van der Waals surface area contributed by atoms with Crippen molar-refractivity contribution in [3.8, 4) is 5.75 Å². The number of rotatable bonds is 10. The number of fused-ring (bicyclic) bond motifs is 1. The molecule has 6 nitrogen and oxygen atoms in total. The van der Waals surface area contributed by atoms with Crippen LogP contribution in [0.15, 0.2) is 12.1 Å². The zero-order valence-corrected chi connectivity index (χ0v) is 17.8. The van der Waals surface area contributed by atoms with E-state index >= 15 is 0 Å². The maximum absolute atomic E-state index is 11.6. The Morgan fingerprint density at radius 2 is 1.96 bits per heavy atom. The van der Waals surface area contributed by atoms with Crippen LogP contribution in [-0.2, 0) is 9.53 Å². The lowest BCUT2D eigenvalue weighted by molar-refractivity contribution is -0.114. The molecule has 0 aliphatic carbocycles. The lowest BCUT2D eigenvalue weighted by Crippen LogP contribution is -2.36. The van der Waals surface area contributed by atoms with Crippen molar-refractivity contribution < 1.29 is 14.3 Å². The number of aromatic nitrogens is 1. The Morgan fingerprint density at radius 1 is 1.21 bits per heavy atom. The van der Waals surface area contributed by atoms with Crippen molar-refractivity contribution in [2.75, 3.05) is 43.1 Å². The van der Waals surface area contributed by atoms with Crippen LogP contribution >= 0.6 is 11.3 Å². The molecule has 0 radical (unpaired) electrons. The lowest BCUT2D eigenvalue weighted by atomic mass is 10.1. The second-order valence-corrected chi connectivity index (χ2v) is 8.22. The molecule has 1 N–H and O–H groups in total. The SMILES string of the molecule is CCCCCCCCOc1cc2nc(N3CCOCC3)sc2cc1NC(C)=O. The van der Waals surface area contributed by atoms with E-state index in [0.717, 1.165) is 53.8 Å². The van der Waals surface area contributed by atoms with Crippen molar-refractivity contribution in [3.05, 3.63) is 12.1 Å². The molecule has 1 aliphatic rings. The normalized spacial score (nSPS) is 14.4. The predicted octanol–water partition coefficient (Wildman–Crippen LogP) is 4.83. The quantitative estimate of drug-likeness (QED) is 0.574. The zero-order chi connectivity index (χ0) is 19.8. The highest BCUT2D eigenvalue weighted by Gasteiger charge is 2.17. The van der Waals surface area contributed by atoms with Gasteiger partial charge in [-0.25, -0.2) is 4.98 Å². The summed E-state index contributed by atoms with van der Waals surface area (Å²) < 4.78 is 12.5. The van der Waals surface area contributed by atoms with Crippen LogP contribution in [0.25, 0.3) is 10.2 Å². The van der Waals surface area contributed by atoms with Gasteiger partial charge in [0.15, 0.2) is 5.13 Å². The second kappa shape index (κ2) is 10.6. The molecule has 0 bridgehead atoms. The van der Waals surface area contributed by atoms with Crippen LogP contribution in [0.3, 0.4) is 0 Å². The number of benzene rings is 1. The number of unbranched alkanes of at least 4 members (excludes halogenated alkanes) is 5. The van der Waals surface area contributed by atoms with Crippen LogP contribution in [0.2, 0.25) is 0 Å². The molecule has 1 aliphatic heterocycles. The number of amides is 1. The first-order chi connectivity index (χ1) is 13.7. The Labute approximate surface area is 171 Å². The van der Waals surface area contributed by atoms with E-state index in [9.17, 15) is 4.79 Å². The van der Waals surface area contributed by atoms with E-state index in [0.29, 0.717) is 12.4 Å². The molecular weight excluding hydrogens is 374 g/mol. The summed E-state index contributed by atoms with van der Waals surface area (Å²) in [6, 6.07) is 3.94. The van der Waals surface area contributed by atoms with Crippen molar-refractivity contribution in [2.45, 2.75) is 52.4 Å². The molecule has 154 valence electrons. The minimum atomic E-state index is -0.0957. The van der Waals surface area contributed by atoms with Gasteiger partial charge in [-0.1, -0.05) is 50.4 Å². The third-order valence-electron chi connectivity index (χ3n) is 4.83. The Morgan fingerprint density at radius 3 is 2.71 bits per heavy atom.